The highest BCUT2D eigenvalue weighted by molar-refractivity contribution is 5.92. The van der Waals surface area contributed by atoms with E-state index in [1.807, 2.05) is 45.0 Å². The van der Waals surface area contributed by atoms with Gasteiger partial charge in [-0.05, 0) is 20.8 Å². The van der Waals surface area contributed by atoms with Gasteiger partial charge in [-0.1, -0.05) is 35.0 Å². The van der Waals surface area contributed by atoms with Crippen LogP contribution in [0, 0.1) is 6.92 Å². The molecule has 2 aromatic rings. The largest absolute Gasteiger partial charge is 0.372 e. The van der Waals surface area contributed by atoms with Crippen LogP contribution in [-0.4, -0.2) is 41.3 Å². The molecule has 116 valence electrons. The van der Waals surface area contributed by atoms with Crippen LogP contribution in [-0.2, 0) is 4.74 Å². The molecule has 1 aliphatic rings. The Bertz CT molecular complexity index is 673. The fourth-order valence-corrected chi connectivity index (χ4v) is 2.58. The third kappa shape index (κ3) is 3.04. The molecule has 0 bridgehead atoms. The number of carbonyl (C=O) groups is 1. The molecular weight excluding hydrogens is 280 g/mol. The summed E-state index contributed by atoms with van der Waals surface area (Å²) in [6.07, 6.45) is 0. The van der Waals surface area contributed by atoms with Crippen LogP contribution in [0.1, 0.15) is 30.0 Å². The van der Waals surface area contributed by atoms with Crippen molar-refractivity contribution in [3.8, 4) is 11.3 Å². The minimum Gasteiger partial charge on any atom is -0.372 e. The molecule has 1 saturated heterocycles. The van der Waals surface area contributed by atoms with Gasteiger partial charge in [0.05, 0.1) is 12.2 Å². The molecule has 1 aliphatic heterocycles. The molecule has 0 saturated carbocycles. The van der Waals surface area contributed by atoms with Crippen molar-refractivity contribution in [3.05, 3.63) is 41.7 Å². The maximum atomic E-state index is 12.5. The van der Waals surface area contributed by atoms with Gasteiger partial charge >= 0.3 is 0 Å². The quantitative estimate of drug-likeness (QED) is 0.855. The normalized spacial score (nSPS) is 17.5. The molecule has 1 amide bonds. The average Bonchev–Trinajstić information content (AvgIpc) is 2.96. The highest BCUT2D eigenvalue weighted by Gasteiger charge is 2.32. The molecular formula is C17H20N2O3. The number of aryl methyl sites for hydroxylation is 1. The van der Waals surface area contributed by atoms with E-state index in [9.17, 15) is 4.79 Å². The molecule has 0 aliphatic carbocycles. The van der Waals surface area contributed by atoms with Crippen LogP contribution < -0.4 is 0 Å². The van der Waals surface area contributed by atoms with E-state index in [0.717, 1.165) is 5.56 Å². The lowest BCUT2D eigenvalue weighted by Crippen LogP contribution is -2.50. The number of nitrogens with zero attached hydrogens (tertiary/aromatic N) is 2. The summed E-state index contributed by atoms with van der Waals surface area (Å²) in [5, 5.41) is 4.01. The number of benzene rings is 1. The van der Waals surface area contributed by atoms with E-state index in [-0.39, 0.29) is 17.3 Å². The third-order valence-electron chi connectivity index (χ3n) is 3.78. The molecule has 1 aromatic carbocycles. The minimum absolute atomic E-state index is 0.137. The summed E-state index contributed by atoms with van der Waals surface area (Å²) in [4.78, 5) is 14.3. The molecule has 0 radical (unpaired) electrons. The van der Waals surface area contributed by atoms with E-state index in [1.54, 1.807) is 11.0 Å². The van der Waals surface area contributed by atoms with Gasteiger partial charge in [0, 0.05) is 24.7 Å². The number of amides is 1. The standard InChI is InChI=1S/C17H20N2O3/c1-12-4-6-13(7-5-12)14-10-15(22-18-14)16(20)19-8-9-21-17(2,3)11-19/h4-7,10H,8-9,11H2,1-3H3. The SMILES string of the molecule is Cc1ccc(-c2cc(C(=O)N3CCOC(C)(C)C3)on2)cc1. The summed E-state index contributed by atoms with van der Waals surface area (Å²) in [5.74, 6) is 0.135. The zero-order valence-electron chi connectivity index (χ0n) is 13.1. The van der Waals surface area contributed by atoms with Gasteiger partial charge in [-0.2, -0.15) is 0 Å². The molecule has 3 rings (SSSR count). The number of rotatable bonds is 2. The molecule has 22 heavy (non-hydrogen) atoms. The zero-order valence-corrected chi connectivity index (χ0v) is 13.1. The monoisotopic (exact) mass is 300 g/mol. The van der Waals surface area contributed by atoms with Crippen LogP contribution in [0.2, 0.25) is 0 Å². The second kappa shape index (κ2) is 5.57. The number of hydrogen-bond donors (Lipinski definition) is 0. The van der Waals surface area contributed by atoms with Crippen molar-refractivity contribution in [2.45, 2.75) is 26.4 Å². The first kappa shape index (κ1) is 14.8. The summed E-state index contributed by atoms with van der Waals surface area (Å²) in [6.45, 7) is 7.64. The summed E-state index contributed by atoms with van der Waals surface area (Å²) < 4.78 is 10.9. The number of morpholine rings is 1. The lowest BCUT2D eigenvalue weighted by atomic mass is 10.1. The van der Waals surface area contributed by atoms with Gasteiger partial charge < -0.3 is 14.2 Å². The second-order valence-electron chi connectivity index (χ2n) is 6.28. The Morgan fingerprint density at radius 3 is 2.68 bits per heavy atom. The van der Waals surface area contributed by atoms with Crippen LogP contribution in [0.4, 0.5) is 0 Å². The molecule has 0 N–H and O–H groups in total. The number of carbonyl (C=O) groups excluding carboxylic acids is 1. The van der Waals surface area contributed by atoms with Gasteiger partial charge in [-0.25, -0.2) is 0 Å². The lowest BCUT2D eigenvalue weighted by Gasteiger charge is -2.37. The zero-order chi connectivity index (χ0) is 15.7. The van der Waals surface area contributed by atoms with E-state index >= 15 is 0 Å². The van der Waals surface area contributed by atoms with Crippen molar-refractivity contribution >= 4 is 5.91 Å². The number of ether oxygens (including phenoxy) is 1. The Morgan fingerprint density at radius 2 is 2.00 bits per heavy atom. The third-order valence-corrected chi connectivity index (χ3v) is 3.78. The molecule has 5 heteroatoms. The fraction of sp³-hybridized carbons (Fsp3) is 0.412. The maximum Gasteiger partial charge on any atom is 0.292 e. The first-order chi connectivity index (χ1) is 10.4. The van der Waals surface area contributed by atoms with Crippen LogP contribution in [0.15, 0.2) is 34.9 Å². The van der Waals surface area contributed by atoms with Crippen molar-refractivity contribution in [3.63, 3.8) is 0 Å². The van der Waals surface area contributed by atoms with Crippen LogP contribution in [0.3, 0.4) is 0 Å². The first-order valence-corrected chi connectivity index (χ1v) is 7.42. The Kier molecular flexibility index (Phi) is 3.74. The van der Waals surface area contributed by atoms with Crippen molar-refractivity contribution < 1.29 is 14.1 Å². The molecule has 2 heterocycles. The summed E-state index contributed by atoms with van der Waals surface area (Å²) in [7, 11) is 0. The van der Waals surface area contributed by atoms with Gasteiger partial charge in [0.2, 0.25) is 5.76 Å². The van der Waals surface area contributed by atoms with Crippen LogP contribution in [0.25, 0.3) is 11.3 Å². The van der Waals surface area contributed by atoms with Crippen molar-refractivity contribution in [2.24, 2.45) is 0 Å². The molecule has 0 unspecified atom stereocenters. The van der Waals surface area contributed by atoms with Crippen molar-refractivity contribution in [2.75, 3.05) is 19.7 Å². The highest BCUT2D eigenvalue weighted by atomic mass is 16.5. The predicted molar refractivity (Wildman–Crippen MR) is 82.6 cm³/mol. The highest BCUT2D eigenvalue weighted by Crippen LogP contribution is 2.22. The number of aromatic nitrogens is 1. The number of hydrogen-bond acceptors (Lipinski definition) is 4. The molecule has 5 nitrogen and oxygen atoms in total. The first-order valence-electron chi connectivity index (χ1n) is 7.42. The summed E-state index contributed by atoms with van der Waals surface area (Å²) in [5.41, 5.74) is 2.47. The van der Waals surface area contributed by atoms with E-state index in [1.165, 1.54) is 5.56 Å². The molecule has 0 atom stereocenters. The Balaban J connectivity index is 1.78. The fourth-order valence-electron chi connectivity index (χ4n) is 2.58. The van der Waals surface area contributed by atoms with Crippen molar-refractivity contribution in [1.29, 1.82) is 0 Å². The van der Waals surface area contributed by atoms with Crippen molar-refractivity contribution in [1.82, 2.24) is 10.1 Å². The minimum atomic E-state index is -0.326. The molecule has 1 aromatic heterocycles. The predicted octanol–water partition coefficient (Wildman–Crippen LogP) is 2.90. The maximum absolute atomic E-state index is 12.5. The van der Waals surface area contributed by atoms with Gasteiger partial charge in [0.15, 0.2) is 0 Å². The van der Waals surface area contributed by atoms with Crippen LogP contribution in [0.5, 0.6) is 0 Å². The van der Waals surface area contributed by atoms with E-state index in [2.05, 4.69) is 5.16 Å². The van der Waals surface area contributed by atoms with Crippen LogP contribution >= 0.6 is 0 Å². The Morgan fingerprint density at radius 1 is 1.27 bits per heavy atom. The lowest BCUT2D eigenvalue weighted by molar-refractivity contribution is -0.0770. The van der Waals surface area contributed by atoms with E-state index < -0.39 is 0 Å². The van der Waals surface area contributed by atoms with Gasteiger partial charge in [0.1, 0.15) is 5.69 Å². The van der Waals surface area contributed by atoms with Gasteiger partial charge in [-0.15, -0.1) is 0 Å². The van der Waals surface area contributed by atoms with Gasteiger partial charge in [0.25, 0.3) is 5.91 Å². The van der Waals surface area contributed by atoms with Gasteiger partial charge in [-0.3, -0.25) is 4.79 Å². The smallest absolute Gasteiger partial charge is 0.292 e. The summed E-state index contributed by atoms with van der Waals surface area (Å²) >= 11 is 0. The molecule has 0 spiro atoms. The Hall–Kier alpha value is -2.14. The van der Waals surface area contributed by atoms with E-state index in [0.29, 0.717) is 25.4 Å². The Labute approximate surface area is 129 Å². The average molecular weight is 300 g/mol. The second-order valence-corrected chi connectivity index (χ2v) is 6.28. The molecule has 1 fully saturated rings. The topological polar surface area (TPSA) is 55.6 Å². The summed E-state index contributed by atoms with van der Waals surface area (Å²) in [6, 6.07) is 9.67. The van der Waals surface area contributed by atoms with E-state index in [4.69, 9.17) is 9.26 Å².